The van der Waals surface area contributed by atoms with Gasteiger partial charge >= 0.3 is 18.1 Å². The van der Waals surface area contributed by atoms with Crippen LogP contribution in [-0.2, 0) is 15.8 Å². The van der Waals surface area contributed by atoms with Crippen molar-refractivity contribution in [2.45, 2.75) is 18.7 Å². The normalized spacial score (nSPS) is 12.2. The number of aliphatic carboxylic acids is 2. The van der Waals surface area contributed by atoms with Crippen LogP contribution in [0.25, 0.3) is 0 Å². The van der Waals surface area contributed by atoms with Crippen LogP contribution in [0.3, 0.4) is 0 Å². The van der Waals surface area contributed by atoms with E-state index in [9.17, 15) is 22.8 Å². The largest absolute Gasteiger partial charge is 0.485 e. The van der Waals surface area contributed by atoms with Crippen molar-refractivity contribution < 1.29 is 37.7 Å². The predicted molar refractivity (Wildman–Crippen MR) is 107 cm³/mol. The number of nitrogens with two attached hydrogens (primary N) is 1. The van der Waals surface area contributed by atoms with Gasteiger partial charge in [-0.2, -0.15) is 13.2 Å². The molecule has 0 saturated carbocycles. The Balaban J connectivity index is 0.000000512. The van der Waals surface area contributed by atoms with Crippen LogP contribution in [0.5, 0.6) is 5.75 Å². The van der Waals surface area contributed by atoms with Crippen LogP contribution < -0.4 is 10.6 Å². The third kappa shape index (κ3) is 10.3. The number of hydrogen-bond acceptors (Lipinski definition) is 5. The van der Waals surface area contributed by atoms with Crippen LogP contribution in [0.15, 0.2) is 66.7 Å². The summed E-state index contributed by atoms with van der Waals surface area (Å²) in [5.74, 6) is 2.92. The molecule has 0 fully saturated rings. The quantitative estimate of drug-likeness (QED) is 0.326. The van der Waals surface area contributed by atoms with Gasteiger partial charge in [0.2, 0.25) is 0 Å². The number of benzene rings is 2. The Morgan fingerprint density at radius 1 is 1.03 bits per heavy atom. The first-order chi connectivity index (χ1) is 14.5. The van der Waals surface area contributed by atoms with Crippen molar-refractivity contribution in [1.29, 1.82) is 0 Å². The van der Waals surface area contributed by atoms with Gasteiger partial charge in [0, 0.05) is 32.2 Å². The Kier molecular flexibility index (Phi) is 10.2. The van der Waals surface area contributed by atoms with Crippen molar-refractivity contribution >= 4 is 11.9 Å². The van der Waals surface area contributed by atoms with Crippen molar-refractivity contribution in [3.8, 4) is 5.75 Å². The molecule has 2 aromatic carbocycles. The SMILES string of the molecule is CN(N)CCC(Oc1ccccc1C(F)(F)F)c1ccccc1.O=C(O)C=CC(=O)O. The summed E-state index contributed by atoms with van der Waals surface area (Å²) in [4.78, 5) is 19.1. The maximum Gasteiger partial charge on any atom is 0.419 e. The summed E-state index contributed by atoms with van der Waals surface area (Å²) in [6, 6.07) is 14.4. The predicted octanol–water partition coefficient (Wildman–Crippen LogP) is 3.73. The molecule has 2 aromatic rings. The molecular formula is C21H23F3N2O5. The molecule has 0 aliphatic heterocycles. The van der Waals surface area contributed by atoms with E-state index in [0.717, 1.165) is 11.6 Å². The average Bonchev–Trinajstić information content (AvgIpc) is 2.70. The van der Waals surface area contributed by atoms with Crippen molar-refractivity contribution in [2.24, 2.45) is 5.84 Å². The van der Waals surface area contributed by atoms with Gasteiger partial charge in [0.15, 0.2) is 0 Å². The molecule has 2 rings (SSSR count). The van der Waals surface area contributed by atoms with Crippen molar-refractivity contribution in [2.75, 3.05) is 13.6 Å². The Labute approximate surface area is 177 Å². The smallest absolute Gasteiger partial charge is 0.419 e. The second-order valence-electron chi connectivity index (χ2n) is 6.29. The number of para-hydroxylation sites is 1. The van der Waals surface area contributed by atoms with E-state index in [0.29, 0.717) is 25.1 Å². The maximum absolute atomic E-state index is 13.1. The number of carboxylic acids is 2. The monoisotopic (exact) mass is 440 g/mol. The van der Waals surface area contributed by atoms with Crippen LogP contribution in [0, 0.1) is 0 Å². The molecule has 0 aliphatic carbocycles. The highest BCUT2D eigenvalue weighted by atomic mass is 19.4. The topological polar surface area (TPSA) is 113 Å². The van der Waals surface area contributed by atoms with E-state index in [1.54, 1.807) is 7.05 Å². The third-order valence-electron chi connectivity index (χ3n) is 3.75. The highest BCUT2D eigenvalue weighted by Gasteiger charge is 2.34. The summed E-state index contributed by atoms with van der Waals surface area (Å²) >= 11 is 0. The van der Waals surface area contributed by atoms with Crippen LogP contribution in [0.2, 0.25) is 0 Å². The summed E-state index contributed by atoms with van der Waals surface area (Å²) in [5.41, 5.74) is 0.0355. The minimum Gasteiger partial charge on any atom is -0.485 e. The Morgan fingerprint density at radius 2 is 1.55 bits per heavy atom. The molecule has 0 aromatic heterocycles. The molecule has 168 valence electrons. The lowest BCUT2D eigenvalue weighted by atomic mass is 10.1. The zero-order valence-electron chi connectivity index (χ0n) is 16.6. The van der Waals surface area contributed by atoms with E-state index in [1.807, 2.05) is 30.3 Å². The minimum atomic E-state index is -4.46. The van der Waals surface area contributed by atoms with Gasteiger partial charge in [-0.15, -0.1) is 0 Å². The van der Waals surface area contributed by atoms with Crippen LogP contribution in [0.4, 0.5) is 13.2 Å². The molecule has 0 saturated heterocycles. The van der Waals surface area contributed by atoms with E-state index in [-0.39, 0.29) is 5.75 Å². The maximum atomic E-state index is 13.1. The first-order valence-corrected chi connectivity index (χ1v) is 8.98. The fourth-order valence-corrected chi connectivity index (χ4v) is 2.38. The number of halogens is 3. The fourth-order valence-electron chi connectivity index (χ4n) is 2.38. The van der Waals surface area contributed by atoms with Crippen molar-refractivity contribution in [1.82, 2.24) is 5.01 Å². The molecule has 0 heterocycles. The molecule has 4 N–H and O–H groups in total. The van der Waals surface area contributed by atoms with Crippen LogP contribution in [0.1, 0.15) is 23.7 Å². The molecule has 0 spiro atoms. The lowest BCUT2D eigenvalue weighted by Gasteiger charge is -2.23. The number of hydrazine groups is 1. The highest BCUT2D eigenvalue weighted by Crippen LogP contribution is 2.38. The molecule has 7 nitrogen and oxygen atoms in total. The average molecular weight is 440 g/mol. The van der Waals surface area contributed by atoms with E-state index in [1.165, 1.54) is 23.2 Å². The highest BCUT2D eigenvalue weighted by molar-refractivity contribution is 5.89. The molecular weight excluding hydrogens is 417 g/mol. The van der Waals surface area contributed by atoms with E-state index < -0.39 is 29.8 Å². The zero-order chi connectivity index (χ0) is 23.4. The summed E-state index contributed by atoms with van der Waals surface area (Å²) in [7, 11) is 1.70. The standard InChI is InChI=1S/C17H19F3N2O.C4H4O4/c1-22(21)12-11-15(13-7-3-2-4-8-13)23-16-10-6-5-9-14(16)17(18,19)20;5-3(6)1-2-4(7)8/h2-10,15H,11-12,21H2,1H3;1-2H,(H,5,6)(H,7,8). The minimum absolute atomic E-state index is 0.173. The summed E-state index contributed by atoms with van der Waals surface area (Å²) < 4.78 is 45.0. The lowest BCUT2D eigenvalue weighted by molar-refractivity contribution is -0.139. The molecule has 0 amide bonds. The van der Waals surface area contributed by atoms with Gasteiger partial charge in [0.1, 0.15) is 11.9 Å². The van der Waals surface area contributed by atoms with Gasteiger partial charge in [-0.1, -0.05) is 42.5 Å². The van der Waals surface area contributed by atoms with E-state index in [4.69, 9.17) is 20.8 Å². The van der Waals surface area contributed by atoms with E-state index >= 15 is 0 Å². The van der Waals surface area contributed by atoms with Gasteiger partial charge in [0.25, 0.3) is 0 Å². The number of carboxylic acid groups (broad SMARTS) is 2. The number of nitrogens with zero attached hydrogens (tertiary/aromatic N) is 1. The zero-order valence-corrected chi connectivity index (χ0v) is 16.6. The van der Waals surface area contributed by atoms with E-state index in [2.05, 4.69) is 0 Å². The Bertz CT molecular complexity index is 855. The summed E-state index contributed by atoms with van der Waals surface area (Å²) in [6.07, 6.45) is -3.37. The molecule has 1 atom stereocenters. The van der Waals surface area contributed by atoms with Gasteiger partial charge in [-0.25, -0.2) is 9.59 Å². The second-order valence-corrected chi connectivity index (χ2v) is 6.29. The molecule has 0 aliphatic rings. The molecule has 0 radical (unpaired) electrons. The van der Waals surface area contributed by atoms with Crippen LogP contribution >= 0.6 is 0 Å². The van der Waals surface area contributed by atoms with Gasteiger partial charge < -0.3 is 14.9 Å². The Morgan fingerprint density at radius 3 is 2.03 bits per heavy atom. The summed E-state index contributed by atoms with van der Waals surface area (Å²) in [6.45, 7) is 0.494. The number of ether oxygens (including phenoxy) is 1. The molecule has 31 heavy (non-hydrogen) atoms. The van der Waals surface area contributed by atoms with Gasteiger partial charge in [0.05, 0.1) is 5.56 Å². The molecule has 0 bridgehead atoms. The fraction of sp³-hybridized carbons (Fsp3) is 0.238. The summed E-state index contributed by atoms with van der Waals surface area (Å²) in [5, 5.41) is 17.1. The number of rotatable bonds is 8. The first-order valence-electron chi connectivity index (χ1n) is 8.98. The van der Waals surface area contributed by atoms with Crippen LogP contribution in [-0.4, -0.2) is 40.8 Å². The number of hydrogen-bond donors (Lipinski definition) is 3. The van der Waals surface area contributed by atoms with Crippen molar-refractivity contribution in [3.63, 3.8) is 0 Å². The molecule has 1 unspecified atom stereocenters. The molecule has 10 heteroatoms. The number of carbonyl (C=O) groups is 2. The first kappa shape index (κ1) is 25.7. The van der Waals surface area contributed by atoms with Crippen molar-refractivity contribution in [3.05, 3.63) is 77.9 Å². The van der Waals surface area contributed by atoms with Gasteiger partial charge in [-0.3, -0.25) is 10.9 Å². The Hall–Kier alpha value is -3.37. The second kappa shape index (κ2) is 12.4. The third-order valence-corrected chi connectivity index (χ3v) is 3.75. The number of alkyl halides is 3. The lowest BCUT2D eigenvalue weighted by Crippen LogP contribution is -2.29. The van der Waals surface area contributed by atoms with Gasteiger partial charge in [-0.05, 0) is 17.7 Å².